The minimum absolute atomic E-state index is 0.164. The highest BCUT2D eigenvalue weighted by molar-refractivity contribution is 4.83. The Bertz CT molecular complexity index is 213. The Morgan fingerprint density at radius 2 is 1.76 bits per heavy atom. The Morgan fingerprint density at radius 1 is 1.24 bits per heavy atom. The molecule has 0 saturated carbocycles. The molecule has 2 N–H and O–H groups in total. The van der Waals surface area contributed by atoms with E-state index < -0.39 is 0 Å². The van der Waals surface area contributed by atoms with E-state index in [2.05, 4.69) is 58.8 Å². The van der Waals surface area contributed by atoms with Gasteiger partial charge in [0.2, 0.25) is 0 Å². The Morgan fingerprint density at radius 3 is 2.12 bits per heavy atom. The van der Waals surface area contributed by atoms with Crippen molar-refractivity contribution in [3.63, 3.8) is 0 Å². The monoisotopic (exact) mass is 244 g/mol. The normalized spacial score (nSPS) is 18.2. The molecule has 0 heterocycles. The zero-order valence-corrected chi connectivity index (χ0v) is 12.8. The van der Waals surface area contributed by atoms with Crippen LogP contribution >= 0.6 is 0 Å². The van der Waals surface area contributed by atoms with Gasteiger partial charge in [0.1, 0.15) is 0 Å². The molecule has 0 aromatic rings. The second kappa shape index (κ2) is 6.72. The van der Waals surface area contributed by atoms with Crippen LogP contribution in [0.2, 0.25) is 0 Å². The van der Waals surface area contributed by atoms with Crippen LogP contribution in [-0.2, 0) is 0 Å². The fourth-order valence-electron chi connectivity index (χ4n) is 1.67. The summed E-state index contributed by atoms with van der Waals surface area (Å²) < 4.78 is 0. The summed E-state index contributed by atoms with van der Waals surface area (Å²) in [5.74, 6) is 0. The summed E-state index contributed by atoms with van der Waals surface area (Å²) in [7, 11) is 2.09. The molecule has 0 bridgehead atoms. The average molecular weight is 244 g/mol. The van der Waals surface area contributed by atoms with Crippen LogP contribution < -0.4 is 5.32 Å². The first-order valence-electron chi connectivity index (χ1n) is 6.69. The number of nitrogens with zero attached hydrogens (tertiary/aromatic N) is 1. The molecule has 0 aromatic carbocycles. The molecule has 0 rings (SSSR count). The maximum atomic E-state index is 9.18. The Labute approximate surface area is 108 Å². The van der Waals surface area contributed by atoms with Crippen molar-refractivity contribution >= 4 is 0 Å². The van der Waals surface area contributed by atoms with Crippen LogP contribution in [0.15, 0.2) is 0 Å². The number of aliphatic hydroxyl groups excluding tert-OH is 1. The fraction of sp³-hybridized carbons (Fsp3) is 1.00. The van der Waals surface area contributed by atoms with Gasteiger partial charge < -0.3 is 15.3 Å². The highest BCUT2D eigenvalue weighted by atomic mass is 16.3. The lowest BCUT2D eigenvalue weighted by atomic mass is 9.85. The van der Waals surface area contributed by atoms with Crippen molar-refractivity contribution in [2.75, 3.05) is 26.7 Å². The lowest BCUT2D eigenvalue weighted by Gasteiger charge is -2.37. The van der Waals surface area contributed by atoms with Gasteiger partial charge in [0.05, 0.1) is 6.61 Å². The molecule has 104 valence electrons. The summed E-state index contributed by atoms with van der Waals surface area (Å²) >= 11 is 0. The van der Waals surface area contributed by atoms with Crippen LogP contribution in [0.1, 0.15) is 48.0 Å². The summed E-state index contributed by atoms with van der Waals surface area (Å²) in [5, 5.41) is 12.8. The average Bonchev–Trinajstić information content (AvgIpc) is 2.24. The quantitative estimate of drug-likeness (QED) is 0.720. The number of hydrogen-bond donors (Lipinski definition) is 2. The SMILES string of the molecule is CCC(C)(CNC(C)(C)C)CN(C)C(C)CO. The predicted octanol–water partition coefficient (Wildman–Crippen LogP) is 2.10. The first-order valence-corrected chi connectivity index (χ1v) is 6.69. The molecule has 0 saturated heterocycles. The molecular formula is C14H32N2O. The van der Waals surface area contributed by atoms with E-state index in [1.54, 1.807) is 0 Å². The molecule has 0 spiro atoms. The van der Waals surface area contributed by atoms with Crippen LogP contribution in [0.5, 0.6) is 0 Å². The lowest BCUT2D eigenvalue weighted by Crippen LogP contribution is -2.48. The molecule has 3 nitrogen and oxygen atoms in total. The molecule has 2 atom stereocenters. The molecule has 17 heavy (non-hydrogen) atoms. The van der Waals surface area contributed by atoms with E-state index in [-0.39, 0.29) is 23.6 Å². The van der Waals surface area contributed by atoms with E-state index >= 15 is 0 Å². The number of hydrogen-bond acceptors (Lipinski definition) is 3. The third kappa shape index (κ3) is 7.02. The molecule has 2 unspecified atom stereocenters. The summed E-state index contributed by atoms with van der Waals surface area (Å²) in [6.45, 7) is 15.4. The van der Waals surface area contributed by atoms with E-state index in [1.807, 2.05) is 0 Å². The molecule has 0 aliphatic carbocycles. The lowest BCUT2D eigenvalue weighted by molar-refractivity contribution is 0.103. The van der Waals surface area contributed by atoms with Gasteiger partial charge in [0, 0.05) is 24.7 Å². The van der Waals surface area contributed by atoms with Gasteiger partial charge >= 0.3 is 0 Å². The molecule has 0 fully saturated rings. The molecule has 0 radical (unpaired) electrons. The highest BCUT2D eigenvalue weighted by Gasteiger charge is 2.27. The minimum Gasteiger partial charge on any atom is -0.395 e. The van der Waals surface area contributed by atoms with Gasteiger partial charge in [-0.2, -0.15) is 0 Å². The van der Waals surface area contributed by atoms with Crippen molar-refractivity contribution in [3.05, 3.63) is 0 Å². The third-order valence-corrected chi connectivity index (χ3v) is 3.55. The fourth-order valence-corrected chi connectivity index (χ4v) is 1.67. The summed E-state index contributed by atoms with van der Waals surface area (Å²) in [5.41, 5.74) is 0.420. The van der Waals surface area contributed by atoms with E-state index in [0.29, 0.717) is 0 Å². The number of aliphatic hydroxyl groups is 1. The van der Waals surface area contributed by atoms with E-state index in [4.69, 9.17) is 0 Å². The predicted molar refractivity (Wildman–Crippen MR) is 75.3 cm³/mol. The molecule has 0 aliphatic heterocycles. The van der Waals surface area contributed by atoms with Crippen molar-refractivity contribution in [3.8, 4) is 0 Å². The Kier molecular flexibility index (Phi) is 6.67. The van der Waals surface area contributed by atoms with Crippen LogP contribution in [0.4, 0.5) is 0 Å². The first-order chi connectivity index (χ1) is 7.63. The minimum atomic E-state index is 0.164. The molecule has 0 amide bonds. The largest absolute Gasteiger partial charge is 0.395 e. The van der Waals surface area contributed by atoms with Gasteiger partial charge in [-0.25, -0.2) is 0 Å². The smallest absolute Gasteiger partial charge is 0.0584 e. The first kappa shape index (κ1) is 16.9. The van der Waals surface area contributed by atoms with Crippen LogP contribution in [0.25, 0.3) is 0 Å². The van der Waals surface area contributed by atoms with E-state index in [9.17, 15) is 5.11 Å². The molecular weight excluding hydrogens is 212 g/mol. The summed E-state index contributed by atoms with van der Waals surface area (Å²) in [4.78, 5) is 2.24. The highest BCUT2D eigenvalue weighted by Crippen LogP contribution is 2.23. The Hall–Kier alpha value is -0.120. The summed E-state index contributed by atoms with van der Waals surface area (Å²) in [6.07, 6.45) is 1.14. The van der Waals surface area contributed by atoms with Gasteiger partial charge in [-0.3, -0.25) is 0 Å². The maximum absolute atomic E-state index is 9.18. The second-order valence-corrected chi connectivity index (χ2v) is 6.71. The van der Waals surface area contributed by atoms with Gasteiger partial charge in [0.25, 0.3) is 0 Å². The second-order valence-electron chi connectivity index (χ2n) is 6.71. The maximum Gasteiger partial charge on any atom is 0.0584 e. The van der Waals surface area contributed by atoms with Crippen molar-refractivity contribution < 1.29 is 5.11 Å². The standard InChI is InChI=1S/C14H32N2O/c1-8-14(6,10-15-13(3,4)5)11-16(7)12(2)9-17/h12,15,17H,8-11H2,1-7H3. The van der Waals surface area contributed by atoms with Crippen molar-refractivity contribution in [1.82, 2.24) is 10.2 Å². The van der Waals surface area contributed by atoms with Crippen LogP contribution in [0, 0.1) is 5.41 Å². The Balaban J connectivity index is 4.37. The summed E-state index contributed by atoms with van der Waals surface area (Å²) in [6, 6.07) is 0.232. The molecule has 0 aliphatic rings. The molecule has 3 heteroatoms. The number of rotatable bonds is 7. The van der Waals surface area contributed by atoms with Gasteiger partial charge in [-0.1, -0.05) is 13.8 Å². The number of likely N-dealkylation sites (N-methyl/N-ethyl adjacent to an activating group) is 1. The third-order valence-electron chi connectivity index (χ3n) is 3.55. The van der Waals surface area contributed by atoms with Crippen molar-refractivity contribution in [1.29, 1.82) is 0 Å². The van der Waals surface area contributed by atoms with E-state index in [0.717, 1.165) is 19.5 Å². The topological polar surface area (TPSA) is 35.5 Å². The zero-order chi connectivity index (χ0) is 13.7. The van der Waals surface area contributed by atoms with Crippen LogP contribution in [0.3, 0.4) is 0 Å². The van der Waals surface area contributed by atoms with E-state index in [1.165, 1.54) is 0 Å². The van der Waals surface area contributed by atoms with Crippen molar-refractivity contribution in [2.45, 2.75) is 59.5 Å². The zero-order valence-electron chi connectivity index (χ0n) is 12.8. The van der Waals surface area contributed by atoms with Crippen LogP contribution in [-0.4, -0.2) is 48.3 Å². The van der Waals surface area contributed by atoms with Gasteiger partial charge in [-0.15, -0.1) is 0 Å². The van der Waals surface area contributed by atoms with Gasteiger partial charge in [0.15, 0.2) is 0 Å². The number of nitrogens with one attached hydrogen (secondary N) is 1. The van der Waals surface area contributed by atoms with Crippen molar-refractivity contribution in [2.24, 2.45) is 5.41 Å². The van der Waals surface area contributed by atoms with Gasteiger partial charge in [-0.05, 0) is 46.6 Å². The molecule has 0 aromatic heterocycles.